The highest BCUT2D eigenvalue weighted by atomic mass is 32.1. The van der Waals surface area contributed by atoms with Gasteiger partial charge in [0.25, 0.3) is 0 Å². The molecule has 0 aliphatic rings. The molecule has 2 amide bonds. The van der Waals surface area contributed by atoms with Gasteiger partial charge in [-0.3, -0.25) is 19.2 Å². The maximum atomic E-state index is 13.8. The van der Waals surface area contributed by atoms with Gasteiger partial charge in [-0.1, -0.05) is 60.8 Å². The van der Waals surface area contributed by atoms with E-state index in [-0.39, 0.29) is 55.4 Å². The predicted octanol–water partition coefficient (Wildman–Crippen LogP) is 5.74. The van der Waals surface area contributed by atoms with Gasteiger partial charge < -0.3 is 20.8 Å². The number of hydrogen-bond donors (Lipinski definition) is 4. The van der Waals surface area contributed by atoms with Crippen LogP contribution in [-0.2, 0) is 19.2 Å². The summed E-state index contributed by atoms with van der Waals surface area (Å²) in [5.74, 6) is -5.76. The number of carbonyl (C=O) groups is 4. The highest BCUT2D eigenvalue weighted by Gasteiger charge is 2.22. The number of halogens is 2. The van der Waals surface area contributed by atoms with E-state index in [1.165, 1.54) is 50.2 Å². The van der Waals surface area contributed by atoms with Crippen LogP contribution in [0.2, 0.25) is 0 Å². The van der Waals surface area contributed by atoms with Gasteiger partial charge in [-0.25, -0.2) is 18.7 Å². The van der Waals surface area contributed by atoms with Crippen molar-refractivity contribution in [3.05, 3.63) is 69.9 Å². The van der Waals surface area contributed by atoms with Crippen LogP contribution in [0.25, 0.3) is 22.5 Å². The number of nitrogens with zero attached hydrogens (tertiary/aromatic N) is 4. The van der Waals surface area contributed by atoms with Gasteiger partial charge in [0.2, 0.25) is 11.8 Å². The number of nitriles is 2. The van der Waals surface area contributed by atoms with Crippen molar-refractivity contribution in [3.63, 3.8) is 0 Å². The Labute approximate surface area is 268 Å². The van der Waals surface area contributed by atoms with E-state index in [0.717, 1.165) is 22.7 Å². The molecule has 16 heteroatoms. The van der Waals surface area contributed by atoms with E-state index in [1.807, 2.05) is 12.1 Å². The minimum Gasteiger partial charge on any atom is -0.481 e. The van der Waals surface area contributed by atoms with E-state index in [1.54, 1.807) is 12.1 Å². The van der Waals surface area contributed by atoms with Gasteiger partial charge in [-0.2, -0.15) is 10.5 Å². The quantitative estimate of drug-likeness (QED) is 0.161. The van der Waals surface area contributed by atoms with Gasteiger partial charge in [-0.15, -0.1) is 0 Å². The van der Waals surface area contributed by atoms with Gasteiger partial charge in [0, 0.05) is 23.0 Å². The summed E-state index contributed by atoms with van der Waals surface area (Å²) in [6, 6.07) is 15.6. The Morgan fingerprint density at radius 2 is 1.09 bits per heavy atom. The molecule has 0 saturated heterocycles. The molecule has 0 fully saturated rings. The summed E-state index contributed by atoms with van der Waals surface area (Å²) in [6.07, 6.45) is -0.634. The van der Waals surface area contributed by atoms with Crippen LogP contribution >= 0.6 is 22.7 Å². The number of aliphatic carboxylic acids is 2. The second-order valence-electron chi connectivity index (χ2n) is 9.55. The Hall–Kier alpha value is -5.58. The Kier molecular flexibility index (Phi) is 12.1. The van der Waals surface area contributed by atoms with Crippen molar-refractivity contribution in [3.8, 4) is 34.7 Å². The molecule has 0 radical (unpaired) electrons. The zero-order chi connectivity index (χ0) is 34.0. The average Bonchev–Trinajstić information content (AvgIpc) is 3.60. The lowest BCUT2D eigenvalue weighted by molar-refractivity contribution is -0.140. The molecule has 46 heavy (non-hydrogen) atoms. The number of rotatable bonds is 10. The number of carbonyl (C=O) groups excluding carboxylic acids is 2. The zero-order valence-electron chi connectivity index (χ0n) is 24.1. The normalized spacial score (nSPS) is 11.5. The van der Waals surface area contributed by atoms with E-state index in [2.05, 4.69) is 20.6 Å². The summed E-state index contributed by atoms with van der Waals surface area (Å²) in [4.78, 5) is 53.5. The van der Waals surface area contributed by atoms with Crippen LogP contribution in [0.3, 0.4) is 0 Å². The van der Waals surface area contributed by atoms with E-state index in [0.29, 0.717) is 0 Å². The topological polar surface area (TPSA) is 206 Å². The number of amides is 2. The van der Waals surface area contributed by atoms with Crippen molar-refractivity contribution in [2.75, 3.05) is 10.6 Å². The third-order valence-electron chi connectivity index (χ3n) is 6.03. The Morgan fingerprint density at radius 3 is 1.39 bits per heavy atom. The molecule has 0 saturated carbocycles. The van der Waals surface area contributed by atoms with E-state index >= 15 is 0 Å². The monoisotopic (exact) mass is 666 g/mol. The van der Waals surface area contributed by atoms with E-state index in [4.69, 9.17) is 20.7 Å². The molecule has 2 atom stereocenters. The predicted molar refractivity (Wildman–Crippen MR) is 165 cm³/mol. The van der Waals surface area contributed by atoms with Crippen LogP contribution in [0, 0.1) is 46.1 Å². The fraction of sp³-hybridized carbons (Fsp3) is 0.200. The molecule has 4 aromatic rings. The van der Waals surface area contributed by atoms with E-state index in [9.17, 15) is 28.0 Å². The van der Waals surface area contributed by atoms with Crippen molar-refractivity contribution in [1.82, 2.24) is 9.97 Å². The number of carboxylic acid groups (broad SMARTS) is 2. The number of hydrogen-bond acceptors (Lipinski definition) is 10. The SMILES string of the molecule is C[C@@H](CC(=O)O)C(=O)Nc1nc(-c2ccccc2F)c(C#N)s1.C[C@H](CC(=O)O)C(=O)Nc1nc(-c2ccccc2F)c(C#N)s1. The van der Waals surface area contributed by atoms with Crippen molar-refractivity contribution in [2.45, 2.75) is 26.7 Å². The first-order valence-electron chi connectivity index (χ1n) is 13.2. The van der Waals surface area contributed by atoms with Crippen molar-refractivity contribution in [2.24, 2.45) is 11.8 Å². The third-order valence-corrected chi connectivity index (χ3v) is 7.78. The number of aromatic nitrogens is 2. The maximum Gasteiger partial charge on any atom is 0.304 e. The standard InChI is InChI=1S/2C15H12FN3O3S/c2*1-8(6-12(20)21)14(22)19-15-18-13(11(7-17)23-15)9-4-2-3-5-10(9)16/h2*2-5,8H,6H2,1H3,(H,20,21)(H,18,19,22)/t2*8-/m10/s1. The van der Waals surface area contributed by atoms with Crippen LogP contribution in [0.5, 0.6) is 0 Å². The minimum absolute atomic E-state index is 0.127. The lowest BCUT2D eigenvalue weighted by atomic mass is 10.1. The number of anilines is 2. The first-order chi connectivity index (χ1) is 21.8. The molecule has 0 spiro atoms. The number of carboxylic acids is 2. The van der Waals surface area contributed by atoms with Gasteiger partial charge in [0.15, 0.2) is 10.3 Å². The lowest BCUT2D eigenvalue weighted by Gasteiger charge is -2.07. The summed E-state index contributed by atoms with van der Waals surface area (Å²) in [6.45, 7) is 2.94. The molecule has 2 aromatic heterocycles. The fourth-order valence-electron chi connectivity index (χ4n) is 3.74. The second kappa shape index (κ2) is 15.9. The van der Waals surface area contributed by atoms with Gasteiger partial charge >= 0.3 is 11.9 Å². The molecule has 4 rings (SSSR count). The number of nitrogens with one attached hydrogen (secondary N) is 2. The summed E-state index contributed by atoms with van der Waals surface area (Å²) < 4.78 is 27.7. The first-order valence-corrected chi connectivity index (χ1v) is 14.8. The molecule has 12 nitrogen and oxygen atoms in total. The number of thiazole rings is 2. The molecule has 236 valence electrons. The smallest absolute Gasteiger partial charge is 0.304 e. The summed E-state index contributed by atoms with van der Waals surface area (Å²) in [5.41, 5.74) is 0.632. The molecular weight excluding hydrogens is 642 g/mol. The van der Waals surface area contributed by atoms with Crippen molar-refractivity contribution < 1.29 is 38.2 Å². The Balaban J connectivity index is 0.000000250. The molecule has 2 aromatic carbocycles. The van der Waals surface area contributed by atoms with Crippen molar-refractivity contribution in [1.29, 1.82) is 10.5 Å². The van der Waals surface area contributed by atoms with Crippen LogP contribution < -0.4 is 10.6 Å². The molecule has 2 heterocycles. The molecular formula is C30H24F2N6O6S2. The van der Waals surface area contributed by atoms with Crippen LogP contribution in [0.1, 0.15) is 36.4 Å². The average molecular weight is 667 g/mol. The Bertz CT molecular complexity index is 1730. The van der Waals surface area contributed by atoms with Gasteiger partial charge in [0.1, 0.15) is 44.9 Å². The van der Waals surface area contributed by atoms with Gasteiger partial charge in [-0.05, 0) is 24.3 Å². The highest BCUT2D eigenvalue weighted by Crippen LogP contribution is 2.33. The highest BCUT2D eigenvalue weighted by molar-refractivity contribution is 7.17. The van der Waals surface area contributed by atoms with E-state index < -0.39 is 47.2 Å². The molecule has 0 bridgehead atoms. The zero-order valence-corrected chi connectivity index (χ0v) is 25.7. The van der Waals surface area contributed by atoms with Crippen LogP contribution in [0.4, 0.5) is 19.0 Å². The van der Waals surface area contributed by atoms with Crippen LogP contribution in [0.15, 0.2) is 48.5 Å². The van der Waals surface area contributed by atoms with Crippen LogP contribution in [-0.4, -0.2) is 43.9 Å². The molecule has 4 N–H and O–H groups in total. The summed E-state index contributed by atoms with van der Waals surface area (Å²) >= 11 is 1.82. The molecule has 0 aliphatic carbocycles. The number of benzene rings is 2. The largest absolute Gasteiger partial charge is 0.481 e. The fourth-order valence-corrected chi connectivity index (χ4v) is 5.30. The third kappa shape index (κ3) is 9.21. The second-order valence-corrected chi connectivity index (χ2v) is 11.6. The summed E-state index contributed by atoms with van der Waals surface area (Å²) in [5, 5.41) is 40.9. The molecule has 0 unspecified atom stereocenters. The lowest BCUT2D eigenvalue weighted by Crippen LogP contribution is -2.22. The first kappa shape index (κ1) is 34.9. The van der Waals surface area contributed by atoms with Crippen molar-refractivity contribution >= 4 is 56.7 Å². The molecule has 0 aliphatic heterocycles. The summed E-state index contributed by atoms with van der Waals surface area (Å²) in [7, 11) is 0. The minimum atomic E-state index is -1.09. The Morgan fingerprint density at radius 1 is 0.739 bits per heavy atom. The van der Waals surface area contributed by atoms with Gasteiger partial charge in [0.05, 0.1) is 12.8 Å². The maximum absolute atomic E-state index is 13.8.